The van der Waals surface area contributed by atoms with Crippen LogP contribution in [0, 0.1) is 5.82 Å². The third-order valence-electron chi connectivity index (χ3n) is 4.78. The summed E-state index contributed by atoms with van der Waals surface area (Å²) in [4.78, 5) is 6.84. The quantitative estimate of drug-likeness (QED) is 0.632. The minimum Gasteiger partial charge on any atom is -0.477 e. The van der Waals surface area contributed by atoms with Gasteiger partial charge in [0, 0.05) is 18.2 Å². The Hall–Kier alpha value is -2.47. The highest BCUT2D eigenvalue weighted by molar-refractivity contribution is 5.63. The van der Waals surface area contributed by atoms with E-state index in [0.717, 1.165) is 24.2 Å². The van der Waals surface area contributed by atoms with Gasteiger partial charge in [-0.05, 0) is 50.6 Å². The Morgan fingerprint density at radius 2 is 1.96 bits per heavy atom. The maximum Gasteiger partial charge on any atom is 0.231 e. The summed E-state index contributed by atoms with van der Waals surface area (Å²) in [5.41, 5.74) is 2.20. The van der Waals surface area contributed by atoms with E-state index >= 15 is 0 Å². The molecule has 4 rings (SSSR count). The van der Waals surface area contributed by atoms with Crippen LogP contribution in [-0.2, 0) is 0 Å². The van der Waals surface area contributed by atoms with Crippen LogP contribution in [-0.4, -0.2) is 45.7 Å². The third kappa shape index (κ3) is 3.85. The largest absolute Gasteiger partial charge is 0.477 e. The molecule has 0 atom stereocenters. The molecule has 3 aromatic rings. The lowest BCUT2D eigenvalue weighted by atomic mass is 10.1. The van der Waals surface area contributed by atoms with Crippen LogP contribution in [0.1, 0.15) is 25.7 Å². The molecule has 2 aromatic heterocycles. The number of benzene rings is 1. The van der Waals surface area contributed by atoms with Crippen molar-refractivity contribution in [1.82, 2.24) is 19.5 Å². The van der Waals surface area contributed by atoms with Gasteiger partial charge in [0.05, 0.1) is 18.5 Å². The van der Waals surface area contributed by atoms with Crippen molar-refractivity contribution in [3.8, 4) is 17.1 Å². The fourth-order valence-corrected chi connectivity index (χ4v) is 3.43. The maximum absolute atomic E-state index is 13.5. The van der Waals surface area contributed by atoms with Gasteiger partial charge >= 0.3 is 0 Å². The molecule has 26 heavy (non-hydrogen) atoms. The zero-order chi connectivity index (χ0) is 17.8. The molecule has 1 saturated heterocycles. The summed E-state index contributed by atoms with van der Waals surface area (Å²) >= 11 is 0. The van der Waals surface area contributed by atoms with E-state index in [4.69, 9.17) is 4.74 Å². The van der Waals surface area contributed by atoms with Gasteiger partial charge in [-0.3, -0.25) is 0 Å². The van der Waals surface area contributed by atoms with E-state index in [0.29, 0.717) is 18.1 Å². The Morgan fingerprint density at radius 3 is 2.81 bits per heavy atom. The van der Waals surface area contributed by atoms with E-state index in [1.54, 1.807) is 16.8 Å². The van der Waals surface area contributed by atoms with E-state index in [1.165, 1.54) is 44.5 Å². The van der Waals surface area contributed by atoms with Crippen LogP contribution in [0.25, 0.3) is 16.9 Å². The first-order valence-corrected chi connectivity index (χ1v) is 9.25. The number of fused-ring (bicyclic) bond motifs is 1. The molecule has 5 nitrogen and oxygen atoms in total. The Bertz CT molecular complexity index is 873. The average Bonchev–Trinajstić information content (AvgIpc) is 3.09. The number of halogens is 1. The maximum atomic E-state index is 13.5. The van der Waals surface area contributed by atoms with E-state index in [-0.39, 0.29) is 5.82 Å². The van der Waals surface area contributed by atoms with Gasteiger partial charge in [-0.2, -0.15) is 0 Å². The van der Waals surface area contributed by atoms with Crippen LogP contribution < -0.4 is 4.74 Å². The number of nitrogens with zero attached hydrogens (tertiary/aromatic N) is 4. The van der Waals surface area contributed by atoms with Crippen molar-refractivity contribution in [2.45, 2.75) is 25.7 Å². The van der Waals surface area contributed by atoms with Crippen LogP contribution in [0.3, 0.4) is 0 Å². The fourth-order valence-electron chi connectivity index (χ4n) is 3.43. The third-order valence-corrected chi connectivity index (χ3v) is 4.78. The molecule has 0 N–H and O–H groups in total. The second-order valence-corrected chi connectivity index (χ2v) is 6.70. The van der Waals surface area contributed by atoms with Gasteiger partial charge < -0.3 is 9.64 Å². The summed E-state index contributed by atoms with van der Waals surface area (Å²) in [5, 5.41) is 4.52. The smallest absolute Gasteiger partial charge is 0.231 e. The van der Waals surface area contributed by atoms with Crippen LogP contribution in [0.2, 0.25) is 0 Å². The second-order valence-electron chi connectivity index (χ2n) is 6.70. The molecule has 1 fully saturated rings. The number of piperidine rings is 1. The monoisotopic (exact) mass is 354 g/mol. The normalized spacial score (nSPS) is 15.4. The fraction of sp³-hybridized carbons (Fsp3) is 0.400. The first-order valence-electron chi connectivity index (χ1n) is 9.25. The molecule has 6 heteroatoms. The molecule has 0 bridgehead atoms. The molecule has 1 aromatic carbocycles. The first-order chi connectivity index (χ1) is 12.8. The zero-order valence-corrected chi connectivity index (χ0v) is 14.8. The molecule has 3 heterocycles. The topological polar surface area (TPSA) is 42.7 Å². The molecular formula is C20H23FN4O. The first kappa shape index (κ1) is 17.0. The summed E-state index contributed by atoms with van der Waals surface area (Å²) < 4.78 is 21.1. The lowest BCUT2D eigenvalue weighted by Gasteiger charge is -2.26. The Morgan fingerprint density at radius 1 is 1.08 bits per heavy atom. The molecule has 1 aliphatic heterocycles. The van der Waals surface area contributed by atoms with Crippen molar-refractivity contribution in [2.24, 2.45) is 0 Å². The van der Waals surface area contributed by atoms with Crippen LogP contribution in [0.4, 0.5) is 4.39 Å². The number of hydrogen-bond donors (Lipinski definition) is 0. The molecule has 0 spiro atoms. The zero-order valence-electron chi connectivity index (χ0n) is 14.8. The minimum absolute atomic E-state index is 0.275. The lowest BCUT2D eigenvalue weighted by molar-refractivity contribution is 0.202. The minimum atomic E-state index is -0.275. The van der Waals surface area contributed by atoms with Gasteiger partial charge in [-0.1, -0.05) is 18.6 Å². The Kier molecular flexibility index (Phi) is 5.11. The molecular weight excluding hydrogens is 331 g/mol. The molecule has 136 valence electrons. The standard InChI is InChI=1S/C20H23FN4O/c21-17-7-4-6-16(14-17)18-15-22-19-8-9-20(23-25(18)19)26-13-5-12-24-10-2-1-3-11-24/h4,6-9,14-15H,1-3,5,10-13H2. The van der Waals surface area contributed by atoms with E-state index < -0.39 is 0 Å². The van der Waals surface area contributed by atoms with Gasteiger partial charge in [0.2, 0.25) is 5.88 Å². The van der Waals surface area contributed by atoms with Gasteiger partial charge in [0.1, 0.15) is 5.82 Å². The Balaban J connectivity index is 1.42. The molecule has 0 radical (unpaired) electrons. The Labute approximate surface area is 152 Å². The average molecular weight is 354 g/mol. The highest BCUT2D eigenvalue weighted by Gasteiger charge is 2.11. The predicted octanol–water partition coefficient (Wildman–Crippen LogP) is 3.79. The predicted molar refractivity (Wildman–Crippen MR) is 98.8 cm³/mol. The van der Waals surface area contributed by atoms with Crippen molar-refractivity contribution in [1.29, 1.82) is 0 Å². The number of rotatable bonds is 6. The summed E-state index contributed by atoms with van der Waals surface area (Å²) in [6.45, 7) is 4.12. The summed E-state index contributed by atoms with van der Waals surface area (Å²) in [6, 6.07) is 10.1. The van der Waals surface area contributed by atoms with Crippen LogP contribution in [0.15, 0.2) is 42.6 Å². The second kappa shape index (κ2) is 7.83. The van der Waals surface area contributed by atoms with E-state index in [9.17, 15) is 4.39 Å². The van der Waals surface area contributed by atoms with Crippen molar-refractivity contribution < 1.29 is 9.13 Å². The number of imidazole rings is 1. The van der Waals surface area contributed by atoms with Crippen molar-refractivity contribution in [3.05, 3.63) is 48.4 Å². The van der Waals surface area contributed by atoms with Crippen LogP contribution in [0.5, 0.6) is 5.88 Å². The highest BCUT2D eigenvalue weighted by atomic mass is 19.1. The summed E-state index contributed by atoms with van der Waals surface area (Å²) in [7, 11) is 0. The SMILES string of the molecule is Fc1cccc(-c2cnc3ccc(OCCCN4CCCCC4)nn23)c1. The van der Waals surface area contributed by atoms with Crippen LogP contribution >= 0.6 is 0 Å². The number of aromatic nitrogens is 3. The molecule has 0 amide bonds. The van der Waals surface area contributed by atoms with Crippen molar-refractivity contribution in [2.75, 3.05) is 26.2 Å². The molecule has 0 aliphatic carbocycles. The van der Waals surface area contributed by atoms with E-state index in [2.05, 4.69) is 15.0 Å². The van der Waals surface area contributed by atoms with Gasteiger partial charge in [-0.25, -0.2) is 13.9 Å². The number of likely N-dealkylation sites (tertiary alicyclic amines) is 1. The van der Waals surface area contributed by atoms with Gasteiger partial charge in [0.25, 0.3) is 0 Å². The number of hydrogen-bond acceptors (Lipinski definition) is 4. The number of ether oxygens (including phenoxy) is 1. The highest BCUT2D eigenvalue weighted by Crippen LogP contribution is 2.22. The van der Waals surface area contributed by atoms with Gasteiger partial charge in [-0.15, -0.1) is 5.10 Å². The summed E-state index contributed by atoms with van der Waals surface area (Å²) in [5.74, 6) is 0.286. The summed E-state index contributed by atoms with van der Waals surface area (Å²) in [6.07, 6.45) is 6.66. The lowest BCUT2D eigenvalue weighted by Crippen LogP contribution is -2.31. The molecule has 0 unspecified atom stereocenters. The molecule has 0 saturated carbocycles. The van der Waals surface area contributed by atoms with Crippen molar-refractivity contribution in [3.63, 3.8) is 0 Å². The van der Waals surface area contributed by atoms with Gasteiger partial charge in [0.15, 0.2) is 5.65 Å². The van der Waals surface area contributed by atoms with Crippen molar-refractivity contribution >= 4 is 5.65 Å². The van der Waals surface area contributed by atoms with E-state index in [1.807, 2.05) is 18.2 Å². The molecule has 1 aliphatic rings.